The molecule has 2 atom stereocenters. The second-order valence-corrected chi connectivity index (χ2v) is 10.7. The summed E-state index contributed by atoms with van der Waals surface area (Å²) in [5, 5.41) is 27.9. The van der Waals surface area contributed by atoms with Crippen LogP contribution in [0.15, 0.2) is 85.5 Å². The van der Waals surface area contributed by atoms with Crippen LogP contribution in [0.5, 0.6) is 5.75 Å². The molecule has 11 nitrogen and oxygen atoms in total. The minimum absolute atomic E-state index is 0.0511. The highest BCUT2D eigenvalue weighted by Crippen LogP contribution is 2.50. The van der Waals surface area contributed by atoms with Crippen LogP contribution in [0.25, 0.3) is 0 Å². The molecule has 1 fully saturated rings. The Labute approximate surface area is 256 Å². The number of carbonyl (C=O) groups excluding carboxylic acids is 3. The maximum atomic E-state index is 14.2. The van der Waals surface area contributed by atoms with Crippen LogP contribution in [0.1, 0.15) is 16.7 Å². The quantitative estimate of drug-likeness (QED) is 0.110. The van der Waals surface area contributed by atoms with E-state index in [-0.39, 0.29) is 50.2 Å². The topological polar surface area (TPSA) is 141 Å². The van der Waals surface area contributed by atoms with Gasteiger partial charge in [0.05, 0.1) is 30.5 Å². The van der Waals surface area contributed by atoms with E-state index in [4.69, 9.17) is 0 Å². The number of anilines is 2. The van der Waals surface area contributed by atoms with Gasteiger partial charge in [-0.05, 0) is 34.9 Å². The molecule has 2 aliphatic rings. The summed E-state index contributed by atoms with van der Waals surface area (Å²) in [7, 11) is 0. The highest BCUT2D eigenvalue weighted by molar-refractivity contribution is 5.96. The fourth-order valence-corrected chi connectivity index (χ4v) is 5.56. The van der Waals surface area contributed by atoms with Crippen LogP contribution in [-0.4, -0.2) is 71.1 Å². The van der Waals surface area contributed by atoms with Crippen LogP contribution in [0.2, 0.25) is 0 Å². The van der Waals surface area contributed by atoms with E-state index in [0.29, 0.717) is 13.1 Å². The highest BCUT2D eigenvalue weighted by atomic mass is 16.3. The number of nitrogens with one attached hydrogen (secondary N) is 3. The lowest BCUT2D eigenvalue weighted by Gasteiger charge is -2.46. The molecule has 2 unspecified atom stereocenters. The van der Waals surface area contributed by atoms with Crippen molar-refractivity contribution >= 4 is 29.2 Å². The largest absolute Gasteiger partial charge is 0.508 e. The summed E-state index contributed by atoms with van der Waals surface area (Å²) in [6.45, 7) is 4.85. The van der Waals surface area contributed by atoms with Crippen LogP contribution >= 0.6 is 0 Å². The zero-order valence-electron chi connectivity index (χ0n) is 24.3. The van der Waals surface area contributed by atoms with Gasteiger partial charge in [-0.3, -0.25) is 9.59 Å². The average molecular weight is 594 g/mol. The van der Waals surface area contributed by atoms with Crippen LogP contribution < -0.4 is 20.9 Å². The minimum Gasteiger partial charge on any atom is -0.508 e. The molecule has 44 heavy (non-hydrogen) atoms. The van der Waals surface area contributed by atoms with Crippen molar-refractivity contribution in [3.8, 4) is 11.8 Å². The van der Waals surface area contributed by atoms with Gasteiger partial charge in [-0.1, -0.05) is 60.7 Å². The lowest BCUT2D eigenvalue weighted by atomic mass is 9.99. The third kappa shape index (κ3) is 6.99. The molecule has 3 aromatic carbocycles. The second kappa shape index (κ2) is 13.8. The average Bonchev–Trinajstić information content (AvgIpc) is 3.74. The van der Waals surface area contributed by atoms with Gasteiger partial charge < -0.3 is 35.8 Å². The zero-order valence-corrected chi connectivity index (χ0v) is 24.3. The number of amides is 4. The summed E-state index contributed by atoms with van der Waals surface area (Å²) in [5.41, 5.74) is 4.43. The summed E-state index contributed by atoms with van der Waals surface area (Å²) in [5.74, 6) is -0.513. The first-order valence-electron chi connectivity index (χ1n) is 14.4. The van der Waals surface area contributed by atoms with Gasteiger partial charge in [0.1, 0.15) is 24.5 Å². The third-order valence-electron chi connectivity index (χ3n) is 7.67. The van der Waals surface area contributed by atoms with Crippen LogP contribution in [0.4, 0.5) is 16.2 Å². The molecular weight excluding hydrogens is 558 g/mol. The van der Waals surface area contributed by atoms with E-state index < -0.39 is 18.2 Å². The zero-order chi connectivity index (χ0) is 31.1. The Morgan fingerprint density at radius 1 is 1.05 bits per heavy atom. The van der Waals surface area contributed by atoms with E-state index in [1.165, 1.54) is 17.0 Å². The number of phenols is 1. The van der Waals surface area contributed by atoms with E-state index in [0.717, 1.165) is 28.1 Å². The number of phenolic OH excluding ortho intramolecular Hbond substituents is 1. The van der Waals surface area contributed by atoms with Gasteiger partial charge in [0.15, 0.2) is 0 Å². The molecule has 0 aliphatic carbocycles. The number of para-hydroxylation sites is 1. The Kier molecular flexibility index (Phi) is 9.42. The number of aromatic hydroxyl groups is 1. The summed E-state index contributed by atoms with van der Waals surface area (Å²) < 4.78 is 0. The van der Waals surface area contributed by atoms with Gasteiger partial charge in [-0.25, -0.2) is 4.79 Å². The molecule has 0 radical (unpaired) electrons. The molecule has 11 heteroatoms. The molecule has 4 amide bonds. The lowest BCUT2D eigenvalue weighted by Crippen LogP contribution is -2.69. The molecular formula is C33H35N7O4. The van der Waals surface area contributed by atoms with Crippen molar-refractivity contribution in [3.05, 3.63) is 102 Å². The smallest absolute Gasteiger partial charge is 0.316 e. The fourth-order valence-electron chi connectivity index (χ4n) is 5.56. The second-order valence-electron chi connectivity index (χ2n) is 10.7. The number of piperazine rings is 1. The molecule has 2 heterocycles. The van der Waals surface area contributed by atoms with Crippen molar-refractivity contribution in [1.82, 2.24) is 25.8 Å². The first kappa shape index (κ1) is 30.1. The van der Waals surface area contributed by atoms with Crippen molar-refractivity contribution in [1.29, 1.82) is 5.26 Å². The monoisotopic (exact) mass is 593 g/mol. The Morgan fingerprint density at radius 3 is 2.55 bits per heavy atom. The van der Waals surface area contributed by atoms with E-state index in [1.54, 1.807) is 23.1 Å². The van der Waals surface area contributed by atoms with Crippen molar-refractivity contribution in [2.24, 2.45) is 0 Å². The molecule has 5 rings (SSSR count). The predicted octanol–water partition coefficient (Wildman–Crippen LogP) is 2.75. The SMILES string of the molecule is C=CCNCC(=O)N1C(NC(=O)NCc2ccccc2)CN(Cc2cccc3c2N3CC#N)C(=O)C1Cc1ccc(O)cc1. The molecule has 4 N–H and O–H groups in total. The van der Waals surface area contributed by atoms with E-state index in [9.17, 15) is 24.8 Å². The Morgan fingerprint density at radius 2 is 1.82 bits per heavy atom. The number of urea groups is 1. The number of hydrogen-bond donors (Lipinski definition) is 4. The number of nitrogens with zero attached hydrogens (tertiary/aromatic N) is 4. The van der Waals surface area contributed by atoms with Gasteiger partial charge in [-0.2, -0.15) is 5.26 Å². The molecule has 1 saturated heterocycles. The van der Waals surface area contributed by atoms with Gasteiger partial charge in [0.25, 0.3) is 0 Å². The number of hydrogen-bond acceptors (Lipinski definition) is 7. The third-order valence-corrected chi connectivity index (χ3v) is 7.67. The van der Waals surface area contributed by atoms with Crippen molar-refractivity contribution in [2.45, 2.75) is 31.7 Å². The lowest BCUT2D eigenvalue weighted by molar-refractivity contribution is -0.156. The number of rotatable bonds is 12. The molecule has 226 valence electrons. The predicted molar refractivity (Wildman–Crippen MR) is 166 cm³/mol. The van der Waals surface area contributed by atoms with Crippen LogP contribution in [0, 0.1) is 11.3 Å². The highest BCUT2D eigenvalue weighted by Gasteiger charge is 2.44. The van der Waals surface area contributed by atoms with E-state index in [1.807, 2.05) is 53.4 Å². The summed E-state index contributed by atoms with van der Waals surface area (Å²) >= 11 is 0. The van der Waals surface area contributed by atoms with E-state index in [2.05, 4.69) is 28.6 Å². The first-order chi connectivity index (χ1) is 21.4. The van der Waals surface area contributed by atoms with Crippen molar-refractivity contribution in [2.75, 3.05) is 31.1 Å². The molecule has 0 aromatic heterocycles. The first-order valence-corrected chi connectivity index (χ1v) is 14.4. The number of fused-ring (bicyclic) bond motifs is 1. The standard InChI is InChI=1S/C33H35N7O4/c1-2-16-35-20-30(42)40-28(18-23-11-13-26(41)14-12-23)32(43)38(21-25-9-6-10-27-31(25)39(27)17-15-34)22-29(40)37-33(44)36-19-24-7-4-3-5-8-24/h2-14,28-29,35,41H,1,16-22H2,(H2,36,37,44). The minimum atomic E-state index is -0.923. The van der Waals surface area contributed by atoms with Crippen molar-refractivity contribution < 1.29 is 19.5 Å². The summed E-state index contributed by atoms with van der Waals surface area (Å²) in [6.07, 6.45) is 0.992. The molecule has 0 spiro atoms. The summed E-state index contributed by atoms with van der Waals surface area (Å²) in [6, 6.07) is 22.5. The molecule has 3 aromatic rings. The number of nitriles is 1. The van der Waals surface area contributed by atoms with Gasteiger partial charge in [0.2, 0.25) is 11.8 Å². The van der Waals surface area contributed by atoms with Crippen LogP contribution in [0.3, 0.4) is 0 Å². The van der Waals surface area contributed by atoms with Gasteiger partial charge >= 0.3 is 6.03 Å². The Hall–Kier alpha value is -5.34. The molecule has 0 saturated carbocycles. The van der Waals surface area contributed by atoms with Gasteiger partial charge in [0, 0.05) is 26.1 Å². The number of carbonyl (C=O) groups is 3. The van der Waals surface area contributed by atoms with Crippen LogP contribution in [-0.2, 0) is 29.1 Å². The Balaban J connectivity index is 1.43. The maximum absolute atomic E-state index is 14.2. The Bertz CT molecular complexity index is 1550. The van der Waals surface area contributed by atoms with Gasteiger partial charge in [-0.15, -0.1) is 6.58 Å². The normalized spacial score (nSPS) is 17.0. The fraction of sp³-hybridized carbons (Fsp3) is 0.273. The molecule has 2 aliphatic heterocycles. The van der Waals surface area contributed by atoms with Crippen molar-refractivity contribution in [3.63, 3.8) is 0 Å². The van der Waals surface area contributed by atoms with E-state index >= 15 is 0 Å². The molecule has 0 bridgehead atoms. The number of benzene rings is 3. The summed E-state index contributed by atoms with van der Waals surface area (Å²) in [4.78, 5) is 46.1. The maximum Gasteiger partial charge on any atom is 0.316 e.